The van der Waals surface area contributed by atoms with E-state index in [4.69, 9.17) is 5.41 Å². The van der Waals surface area contributed by atoms with Gasteiger partial charge in [0.05, 0.1) is 0 Å². The summed E-state index contributed by atoms with van der Waals surface area (Å²) in [5.41, 5.74) is 0. The highest BCUT2D eigenvalue weighted by molar-refractivity contribution is 5.76. The molecule has 0 fully saturated rings. The van der Waals surface area contributed by atoms with Crippen LogP contribution in [0.15, 0.2) is 0 Å². The molecule has 3 nitrogen and oxygen atoms in total. The molecule has 0 bridgehead atoms. The zero-order valence-electron chi connectivity index (χ0n) is 8.10. The van der Waals surface area contributed by atoms with Gasteiger partial charge in [0, 0.05) is 20.1 Å². The van der Waals surface area contributed by atoms with E-state index in [0.717, 1.165) is 0 Å². The van der Waals surface area contributed by atoms with E-state index >= 15 is 0 Å². The van der Waals surface area contributed by atoms with Crippen LogP contribution in [0.3, 0.4) is 0 Å². The Hall–Kier alpha value is -0.730. The van der Waals surface area contributed by atoms with Crippen LogP contribution in [0.2, 0.25) is 0 Å². The van der Waals surface area contributed by atoms with Gasteiger partial charge >= 0.3 is 0 Å². The molecular formula is C8H19N3. The Morgan fingerprint density at radius 3 is 2.09 bits per heavy atom. The maximum absolute atomic E-state index is 7.48. The van der Waals surface area contributed by atoms with Gasteiger partial charge in [-0.2, -0.15) is 0 Å². The number of hydrogen-bond donors (Lipinski definition) is 2. The lowest BCUT2D eigenvalue weighted by molar-refractivity contribution is 0.301. The Labute approximate surface area is 69.3 Å². The van der Waals surface area contributed by atoms with Gasteiger partial charge in [-0.1, -0.05) is 13.8 Å². The van der Waals surface area contributed by atoms with Crippen molar-refractivity contribution in [3.8, 4) is 0 Å². The molecule has 3 heteroatoms. The Kier molecular flexibility index (Phi) is 3.93. The lowest BCUT2D eigenvalue weighted by Gasteiger charge is -2.29. The summed E-state index contributed by atoms with van der Waals surface area (Å²) < 4.78 is 0. The molecule has 0 aliphatic carbocycles. The summed E-state index contributed by atoms with van der Waals surface area (Å²) in [4.78, 5) is 1.94. The molecule has 0 saturated carbocycles. The van der Waals surface area contributed by atoms with Gasteiger partial charge in [0.15, 0.2) is 5.96 Å². The highest BCUT2D eigenvalue weighted by atomic mass is 15.3. The Bertz CT molecular complexity index is 131. The van der Waals surface area contributed by atoms with Gasteiger partial charge in [0.2, 0.25) is 0 Å². The third kappa shape index (κ3) is 2.78. The van der Waals surface area contributed by atoms with Crippen LogP contribution < -0.4 is 5.32 Å². The first-order valence-electron chi connectivity index (χ1n) is 3.99. The SMILES string of the molecule is CNC(=N)N(C)[C@H](C)C(C)C. The van der Waals surface area contributed by atoms with Crippen LogP contribution in [0.4, 0.5) is 0 Å². The van der Waals surface area contributed by atoms with E-state index < -0.39 is 0 Å². The number of nitrogens with one attached hydrogen (secondary N) is 2. The molecule has 0 unspecified atom stereocenters. The summed E-state index contributed by atoms with van der Waals surface area (Å²) in [5.74, 6) is 1.06. The van der Waals surface area contributed by atoms with Gasteiger partial charge in [-0.25, -0.2) is 0 Å². The zero-order chi connectivity index (χ0) is 9.02. The van der Waals surface area contributed by atoms with Gasteiger partial charge < -0.3 is 10.2 Å². The number of hydrogen-bond acceptors (Lipinski definition) is 1. The first kappa shape index (κ1) is 10.3. The summed E-state index contributed by atoms with van der Waals surface area (Å²) >= 11 is 0. The predicted molar refractivity (Wildman–Crippen MR) is 48.8 cm³/mol. The van der Waals surface area contributed by atoms with E-state index in [-0.39, 0.29) is 0 Å². The summed E-state index contributed by atoms with van der Waals surface area (Å²) in [6.07, 6.45) is 0. The average Bonchev–Trinajstić information content (AvgIpc) is 2.00. The van der Waals surface area contributed by atoms with E-state index in [2.05, 4.69) is 26.1 Å². The second-order valence-corrected chi connectivity index (χ2v) is 3.19. The molecule has 0 aromatic rings. The van der Waals surface area contributed by atoms with Crippen molar-refractivity contribution in [1.29, 1.82) is 5.41 Å². The molecular weight excluding hydrogens is 138 g/mol. The van der Waals surface area contributed by atoms with Crippen molar-refractivity contribution in [2.75, 3.05) is 14.1 Å². The van der Waals surface area contributed by atoms with Crippen LogP contribution in [0.1, 0.15) is 20.8 Å². The quantitative estimate of drug-likeness (QED) is 0.465. The van der Waals surface area contributed by atoms with Gasteiger partial charge in [0.1, 0.15) is 0 Å². The van der Waals surface area contributed by atoms with Crippen LogP contribution in [0.25, 0.3) is 0 Å². The lowest BCUT2D eigenvalue weighted by atomic mass is 10.1. The van der Waals surface area contributed by atoms with E-state index in [1.54, 1.807) is 7.05 Å². The molecule has 66 valence electrons. The van der Waals surface area contributed by atoms with Crippen LogP contribution >= 0.6 is 0 Å². The smallest absolute Gasteiger partial charge is 0.190 e. The van der Waals surface area contributed by atoms with Crippen molar-refractivity contribution in [2.24, 2.45) is 5.92 Å². The van der Waals surface area contributed by atoms with Crippen molar-refractivity contribution in [3.63, 3.8) is 0 Å². The largest absolute Gasteiger partial charge is 0.359 e. The monoisotopic (exact) mass is 157 g/mol. The molecule has 0 aliphatic rings. The molecule has 0 aromatic carbocycles. The maximum atomic E-state index is 7.48. The zero-order valence-corrected chi connectivity index (χ0v) is 8.10. The fourth-order valence-electron chi connectivity index (χ4n) is 0.827. The second-order valence-electron chi connectivity index (χ2n) is 3.19. The predicted octanol–water partition coefficient (Wildman–Crippen LogP) is 1.12. The molecule has 0 aromatic heterocycles. The highest BCUT2D eigenvalue weighted by Crippen LogP contribution is 2.06. The highest BCUT2D eigenvalue weighted by Gasteiger charge is 2.14. The topological polar surface area (TPSA) is 39.1 Å². The molecule has 11 heavy (non-hydrogen) atoms. The van der Waals surface area contributed by atoms with Gasteiger partial charge in [-0.3, -0.25) is 5.41 Å². The normalized spacial score (nSPS) is 12.9. The molecule has 2 N–H and O–H groups in total. The fraction of sp³-hybridized carbons (Fsp3) is 0.875. The first-order valence-corrected chi connectivity index (χ1v) is 3.99. The van der Waals surface area contributed by atoms with Gasteiger partial charge in [0.25, 0.3) is 0 Å². The Morgan fingerprint density at radius 2 is 1.82 bits per heavy atom. The van der Waals surface area contributed by atoms with Crippen LogP contribution in [-0.2, 0) is 0 Å². The van der Waals surface area contributed by atoms with Crippen LogP contribution in [0.5, 0.6) is 0 Å². The van der Waals surface area contributed by atoms with Crippen molar-refractivity contribution >= 4 is 5.96 Å². The maximum Gasteiger partial charge on any atom is 0.190 e. The summed E-state index contributed by atoms with van der Waals surface area (Å²) in [6, 6.07) is 0.412. The average molecular weight is 157 g/mol. The van der Waals surface area contributed by atoms with Crippen molar-refractivity contribution in [1.82, 2.24) is 10.2 Å². The van der Waals surface area contributed by atoms with E-state index in [0.29, 0.717) is 17.9 Å². The van der Waals surface area contributed by atoms with Gasteiger partial charge in [-0.05, 0) is 12.8 Å². The van der Waals surface area contributed by atoms with E-state index in [1.165, 1.54) is 0 Å². The lowest BCUT2D eigenvalue weighted by Crippen LogP contribution is -2.43. The first-order chi connectivity index (χ1) is 5.00. The number of guanidine groups is 1. The molecule has 0 heterocycles. The molecule has 0 rings (SSSR count). The minimum Gasteiger partial charge on any atom is -0.359 e. The summed E-state index contributed by atoms with van der Waals surface area (Å²) in [7, 11) is 3.70. The molecule has 0 spiro atoms. The van der Waals surface area contributed by atoms with Crippen molar-refractivity contribution < 1.29 is 0 Å². The second kappa shape index (κ2) is 4.21. The number of nitrogens with zero attached hydrogens (tertiary/aromatic N) is 1. The molecule has 0 saturated heterocycles. The van der Waals surface area contributed by atoms with Crippen LogP contribution in [-0.4, -0.2) is 31.0 Å². The van der Waals surface area contributed by atoms with Crippen molar-refractivity contribution in [3.05, 3.63) is 0 Å². The Morgan fingerprint density at radius 1 is 1.36 bits per heavy atom. The fourth-order valence-corrected chi connectivity index (χ4v) is 0.827. The minimum absolute atomic E-state index is 0.412. The molecule has 0 radical (unpaired) electrons. The summed E-state index contributed by atoms with van der Waals surface area (Å²) in [5, 5.41) is 10.3. The third-order valence-corrected chi connectivity index (χ3v) is 2.17. The minimum atomic E-state index is 0.412. The number of rotatable bonds is 2. The molecule has 0 amide bonds. The third-order valence-electron chi connectivity index (χ3n) is 2.17. The van der Waals surface area contributed by atoms with E-state index in [9.17, 15) is 0 Å². The molecule has 1 atom stereocenters. The van der Waals surface area contributed by atoms with Gasteiger partial charge in [-0.15, -0.1) is 0 Å². The van der Waals surface area contributed by atoms with Crippen LogP contribution in [0, 0.1) is 11.3 Å². The van der Waals surface area contributed by atoms with Crippen molar-refractivity contribution in [2.45, 2.75) is 26.8 Å². The summed E-state index contributed by atoms with van der Waals surface area (Å²) in [6.45, 7) is 6.44. The molecule has 0 aliphatic heterocycles. The standard InChI is InChI=1S/C8H19N3/c1-6(2)7(3)11(5)8(9)10-4/h6-7H,1-5H3,(H2,9,10)/t7-/m1/s1. The van der Waals surface area contributed by atoms with E-state index in [1.807, 2.05) is 11.9 Å². The Balaban J connectivity index is 4.01.